The molecule has 1 amide bonds. The number of halogens is 2. The lowest BCUT2D eigenvalue weighted by Gasteiger charge is -2.37. The molecule has 1 saturated heterocycles. The Hall–Kier alpha value is -3.26. The van der Waals surface area contributed by atoms with Crippen LogP contribution in [0.3, 0.4) is 0 Å². The van der Waals surface area contributed by atoms with Gasteiger partial charge in [0.15, 0.2) is 5.82 Å². The Balaban J connectivity index is 1.51. The summed E-state index contributed by atoms with van der Waals surface area (Å²) in [6, 6.07) is 9.45. The summed E-state index contributed by atoms with van der Waals surface area (Å²) in [5, 5.41) is 7.52. The highest BCUT2D eigenvalue weighted by atomic mass is 19.1. The number of carbonyl (C=O) groups is 1. The van der Waals surface area contributed by atoms with Crippen molar-refractivity contribution in [2.45, 2.75) is 24.7 Å². The van der Waals surface area contributed by atoms with Crippen LogP contribution in [0.25, 0.3) is 16.9 Å². The molecule has 3 aliphatic rings. The van der Waals surface area contributed by atoms with Crippen molar-refractivity contribution >= 4 is 17.3 Å². The Kier molecular flexibility index (Phi) is 4.55. The van der Waals surface area contributed by atoms with Crippen molar-refractivity contribution in [1.29, 1.82) is 0 Å². The topological polar surface area (TPSA) is 53.4 Å². The van der Waals surface area contributed by atoms with Crippen LogP contribution >= 0.6 is 0 Å². The van der Waals surface area contributed by atoms with E-state index in [0.29, 0.717) is 5.69 Å². The number of piperazine rings is 1. The van der Waals surface area contributed by atoms with Crippen LogP contribution in [-0.2, 0) is 10.2 Å². The van der Waals surface area contributed by atoms with Gasteiger partial charge in [0.05, 0.1) is 28.7 Å². The maximum atomic E-state index is 14.6. The molecule has 6 nitrogen and oxygen atoms in total. The number of rotatable bonds is 3. The van der Waals surface area contributed by atoms with Crippen LogP contribution in [0.4, 0.5) is 20.2 Å². The minimum Gasteiger partial charge on any atom is -0.367 e. The third kappa shape index (κ3) is 3.08. The number of nitrogens with one attached hydrogen (secondary N) is 1. The first kappa shape index (κ1) is 20.4. The van der Waals surface area contributed by atoms with Crippen LogP contribution in [-0.4, -0.2) is 53.8 Å². The molecule has 2 fully saturated rings. The van der Waals surface area contributed by atoms with E-state index in [1.165, 1.54) is 16.8 Å². The smallest absolute Gasteiger partial charge is 0.235 e. The van der Waals surface area contributed by atoms with E-state index in [4.69, 9.17) is 0 Å². The van der Waals surface area contributed by atoms with Crippen molar-refractivity contribution in [3.63, 3.8) is 0 Å². The number of carbonyl (C=O) groups excluding carboxylic acids is 1. The van der Waals surface area contributed by atoms with E-state index in [1.807, 2.05) is 6.07 Å². The first-order valence-electron chi connectivity index (χ1n) is 11.4. The van der Waals surface area contributed by atoms with E-state index < -0.39 is 17.0 Å². The molecule has 3 heterocycles. The molecule has 8 heteroatoms. The zero-order valence-corrected chi connectivity index (χ0v) is 18.4. The number of hydrogen-bond donors (Lipinski definition) is 1. The Bertz CT molecular complexity index is 1260. The highest BCUT2D eigenvalue weighted by Crippen LogP contribution is 2.54. The molecule has 2 aromatic carbocycles. The molecule has 1 N–H and O–H groups in total. The van der Waals surface area contributed by atoms with Crippen LogP contribution in [0.1, 0.15) is 24.8 Å². The number of nitrogens with zero attached hydrogens (tertiary/aromatic N) is 4. The molecule has 170 valence electrons. The summed E-state index contributed by atoms with van der Waals surface area (Å²) in [6.07, 6.45) is 4.32. The van der Waals surface area contributed by atoms with Crippen molar-refractivity contribution < 1.29 is 13.6 Å². The minimum atomic E-state index is -0.673. The Morgan fingerprint density at radius 2 is 1.79 bits per heavy atom. The molecule has 0 bridgehead atoms. The van der Waals surface area contributed by atoms with Crippen molar-refractivity contribution in [1.82, 2.24) is 14.7 Å². The molecule has 6 rings (SSSR count). The number of amides is 1. The van der Waals surface area contributed by atoms with Gasteiger partial charge in [-0.3, -0.25) is 4.79 Å². The molecule has 33 heavy (non-hydrogen) atoms. The first-order valence-corrected chi connectivity index (χ1v) is 11.4. The lowest BCUT2D eigenvalue weighted by molar-refractivity contribution is -0.123. The quantitative estimate of drug-likeness (QED) is 0.658. The van der Waals surface area contributed by atoms with Gasteiger partial charge in [-0.2, -0.15) is 5.10 Å². The fourth-order valence-corrected chi connectivity index (χ4v) is 5.33. The average molecular weight is 450 g/mol. The summed E-state index contributed by atoms with van der Waals surface area (Å²) < 4.78 is 29.6. The van der Waals surface area contributed by atoms with Crippen LogP contribution in [0.15, 0.2) is 42.6 Å². The van der Waals surface area contributed by atoms with Gasteiger partial charge in [0, 0.05) is 37.8 Å². The summed E-state index contributed by atoms with van der Waals surface area (Å²) in [5.74, 6) is -1.22. The third-order valence-corrected chi connectivity index (χ3v) is 7.43. The van der Waals surface area contributed by atoms with Gasteiger partial charge in [0.2, 0.25) is 5.91 Å². The van der Waals surface area contributed by atoms with E-state index in [2.05, 4.69) is 39.4 Å². The second-order valence-corrected chi connectivity index (χ2v) is 9.32. The molecule has 3 aromatic rings. The summed E-state index contributed by atoms with van der Waals surface area (Å²) in [7, 11) is 2.11. The molecule has 1 saturated carbocycles. The number of likely N-dealkylation sites (N-methyl/N-ethyl adjacent to an activating group) is 1. The van der Waals surface area contributed by atoms with Gasteiger partial charge in [-0.25, -0.2) is 13.5 Å². The maximum Gasteiger partial charge on any atom is 0.235 e. The molecule has 0 atom stereocenters. The predicted molar refractivity (Wildman–Crippen MR) is 123 cm³/mol. The first-order chi connectivity index (χ1) is 16.0. The normalized spacial score (nSPS) is 19.5. The highest BCUT2D eigenvalue weighted by molar-refractivity contribution is 6.10. The fourth-order valence-electron chi connectivity index (χ4n) is 5.33. The zero-order valence-electron chi connectivity index (χ0n) is 18.4. The van der Waals surface area contributed by atoms with E-state index in [-0.39, 0.29) is 11.6 Å². The highest BCUT2D eigenvalue weighted by Gasteiger charge is 2.52. The molecule has 0 unspecified atom stereocenters. The van der Waals surface area contributed by atoms with Gasteiger partial charge in [0.25, 0.3) is 0 Å². The Morgan fingerprint density at radius 1 is 1.00 bits per heavy atom. The van der Waals surface area contributed by atoms with Crippen molar-refractivity contribution in [3.05, 3.63) is 59.8 Å². The van der Waals surface area contributed by atoms with Gasteiger partial charge >= 0.3 is 0 Å². The molecule has 1 spiro atoms. The average Bonchev–Trinajstić information content (AvgIpc) is 3.35. The largest absolute Gasteiger partial charge is 0.367 e. The van der Waals surface area contributed by atoms with Gasteiger partial charge in [-0.15, -0.1) is 0 Å². The summed E-state index contributed by atoms with van der Waals surface area (Å²) in [6.45, 7) is 3.61. The molecule has 2 aliphatic heterocycles. The second kappa shape index (κ2) is 7.38. The van der Waals surface area contributed by atoms with Crippen LogP contribution in [0, 0.1) is 11.6 Å². The SMILES string of the molecule is CN1CCN(c2cc(-c3ccnn3-c3ccc(F)cc3F)cc3c2NC(=O)C32CCC2)CC1. The maximum absolute atomic E-state index is 14.6. The standard InChI is InChI=1S/C25H25F2N5O/c1-30-9-11-31(12-10-30)22-14-16(13-18-23(22)29-24(33)25(18)6-2-7-25)20-5-8-28-32(20)21-4-3-17(26)15-19(21)27/h3-5,8,13-15H,2,6-7,9-12H2,1H3,(H,29,33). The predicted octanol–water partition coefficient (Wildman–Crippen LogP) is 3.94. The van der Waals surface area contributed by atoms with E-state index >= 15 is 0 Å². The van der Waals surface area contributed by atoms with Crippen molar-refractivity contribution in [2.75, 3.05) is 43.4 Å². The number of hydrogen-bond acceptors (Lipinski definition) is 4. The van der Waals surface area contributed by atoms with Crippen molar-refractivity contribution in [2.24, 2.45) is 0 Å². The molecular weight excluding hydrogens is 424 g/mol. The number of benzene rings is 2. The lowest BCUT2D eigenvalue weighted by Crippen LogP contribution is -2.44. The second-order valence-electron chi connectivity index (χ2n) is 9.32. The molecule has 0 radical (unpaired) electrons. The number of anilines is 2. The molecular formula is C25H25F2N5O. The number of aromatic nitrogens is 2. The van der Waals surface area contributed by atoms with Crippen LogP contribution in [0.2, 0.25) is 0 Å². The van der Waals surface area contributed by atoms with Gasteiger partial charge in [-0.05, 0) is 55.8 Å². The summed E-state index contributed by atoms with van der Waals surface area (Å²) in [5.41, 5.74) is 4.22. The lowest BCUT2D eigenvalue weighted by atomic mass is 9.65. The Labute approximate surface area is 190 Å². The fraction of sp³-hybridized carbons (Fsp3) is 0.360. The van der Waals surface area contributed by atoms with Crippen molar-refractivity contribution in [3.8, 4) is 16.9 Å². The van der Waals surface area contributed by atoms with E-state index in [0.717, 1.165) is 74.0 Å². The van der Waals surface area contributed by atoms with Crippen LogP contribution < -0.4 is 10.2 Å². The monoisotopic (exact) mass is 449 g/mol. The van der Waals surface area contributed by atoms with Gasteiger partial charge < -0.3 is 15.1 Å². The van der Waals surface area contributed by atoms with E-state index in [1.54, 1.807) is 6.20 Å². The number of fused-ring (bicyclic) bond motifs is 2. The van der Waals surface area contributed by atoms with Crippen LogP contribution in [0.5, 0.6) is 0 Å². The van der Waals surface area contributed by atoms with E-state index in [9.17, 15) is 13.6 Å². The zero-order chi connectivity index (χ0) is 22.7. The summed E-state index contributed by atoms with van der Waals surface area (Å²) in [4.78, 5) is 17.7. The molecule has 1 aromatic heterocycles. The summed E-state index contributed by atoms with van der Waals surface area (Å²) >= 11 is 0. The Morgan fingerprint density at radius 3 is 2.48 bits per heavy atom. The van der Waals surface area contributed by atoms with Gasteiger partial charge in [-0.1, -0.05) is 6.42 Å². The third-order valence-electron chi connectivity index (χ3n) is 7.43. The molecule has 1 aliphatic carbocycles. The minimum absolute atomic E-state index is 0.0781. The van der Waals surface area contributed by atoms with Gasteiger partial charge in [0.1, 0.15) is 11.5 Å².